The van der Waals surface area contributed by atoms with Gasteiger partial charge in [-0.15, -0.1) is 5.10 Å². The third-order valence-electron chi connectivity index (χ3n) is 2.91. The first-order chi connectivity index (χ1) is 9.04. The monoisotopic (exact) mass is 261 g/mol. The first-order valence-electron chi connectivity index (χ1n) is 6.00. The molecule has 1 aromatic heterocycles. The maximum Gasteiger partial charge on any atom is 0.274 e. The number of nitro groups is 1. The van der Waals surface area contributed by atoms with Crippen LogP contribution >= 0.6 is 0 Å². The van der Waals surface area contributed by atoms with E-state index in [1.165, 1.54) is 6.07 Å². The first-order valence-corrected chi connectivity index (χ1v) is 6.00. The molecule has 0 unspecified atom stereocenters. The summed E-state index contributed by atoms with van der Waals surface area (Å²) >= 11 is 0. The van der Waals surface area contributed by atoms with Crippen LogP contribution in [0, 0.1) is 17.0 Å². The molecule has 100 valence electrons. The second-order valence-corrected chi connectivity index (χ2v) is 4.31. The fourth-order valence-corrected chi connectivity index (χ4v) is 1.92. The standard InChI is InChI=1S/C12H15N5O2/c1-3-4-10-12(13)14-15-16(10)9-6-5-8(2)11(7-9)17(18)19/h5-7H,3-4,13H2,1-2H3. The van der Waals surface area contributed by atoms with Crippen molar-refractivity contribution >= 4 is 11.5 Å². The molecule has 2 aromatic rings. The highest BCUT2D eigenvalue weighted by molar-refractivity contribution is 5.50. The zero-order valence-corrected chi connectivity index (χ0v) is 10.8. The Bertz CT molecular complexity index is 621. The van der Waals surface area contributed by atoms with Crippen molar-refractivity contribution in [2.75, 3.05) is 5.73 Å². The van der Waals surface area contributed by atoms with Crippen LogP contribution in [0.4, 0.5) is 11.5 Å². The minimum absolute atomic E-state index is 0.0639. The average Bonchev–Trinajstić information content (AvgIpc) is 2.72. The molecule has 0 amide bonds. The van der Waals surface area contributed by atoms with E-state index in [4.69, 9.17) is 5.73 Å². The summed E-state index contributed by atoms with van der Waals surface area (Å²) in [5.74, 6) is 0.366. The van der Waals surface area contributed by atoms with Crippen molar-refractivity contribution in [2.24, 2.45) is 0 Å². The van der Waals surface area contributed by atoms with E-state index in [0.717, 1.165) is 18.5 Å². The van der Waals surface area contributed by atoms with Crippen LogP contribution in [-0.2, 0) is 6.42 Å². The van der Waals surface area contributed by atoms with Gasteiger partial charge in [-0.05, 0) is 19.4 Å². The number of benzene rings is 1. The third-order valence-corrected chi connectivity index (χ3v) is 2.91. The zero-order chi connectivity index (χ0) is 14.0. The zero-order valence-electron chi connectivity index (χ0n) is 10.8. The largest absolute Gasteiger partial charge is 0.381 e. The fraction of sp³-hybridized carbons (Fsp3) is 0.333. The van der Waals surface area contributed by atoms with E-state index < -0.39 is 4.92 Å². The Kier molecular flexibility index (Phi) is 3.46. The third kappa shape index (κ3) is 2.40. The molecule has 0 aliphatic heterocycles. The van der Waals surface area contributed by atoms with E-state index >= 15 is 0 Å². The molecule has 0 bridgehead atoms. The maximum atomic E-state index is 11.0. The van der Waals surface area contributed by atoms with Crippen molar-refractivity contribution in [2.45, 2.75) is 26.7 Å². The highest BCUT2D eigenvalue weighted by Gasteiger charge is 2.16. The molecule has 0 aliphatic carbocycles. The SMILES string of the molecule is CCCc1c(N)nnn1-c1ccc(C)c([N+](=O)[O-])c1. The molecule has 1 heterocycles. The second kappa shape index (κ2) is 5.05. The Labute approximate surface area is 110 Å². The highest BCUT2D eigenvalue weighted by atomic mass is 16.6. The number of nitrogen functional groups attached to an aromatic ring is 1. The minimum Gasteiger partial charge on any atom is -0.381 e. The van der Waals surface area contributed by atoms with Crippen molar-refractivity contribution in [3.63, 3.8) is 0 Å². The Morgan fingerprint density at radius 2 is 2.21 bits per heavy atom. The number of hydrogen-bond acceptors (Lipinski definition) is 5. The molecule has 0 atom stereocenters. The normalized spacial score (nSPS) is 10.6. The van der Waals surface area contributed by atoms with Gasteiger partial charge < -0.3 is 5.73 Å². The van der Waals surface area contributed by atoms with Crippen molar-refractivity contribution in [3.8, 4) is 5.69 Å². The Morgan fingerprint density at radius 3 is 2.84 bits per heavy atom. The van der Waals surface area contributed by atoms with Crippen molar-refractivity contribution in [1.82, 2.24) is 15.0 Å². The number of hydrogen-bond donors (Lipinski definition) is 1. The van der Waals surface area contributed by atoms with E-state index in [1.807, 2.05) is 6.92 Å². The summed E-state index contributed by atoms with van der Waals surface area (Å²) in [7, 11) is 0. The van der Waals surface area contributed by atoms with Crippen LogP contribution in [0.25, 0.3) is 5.69 Å². The summed E-state index contributed by atoms with van der Waals surface area (Å²) in [6.45, 7) is 3.72. The molecular formula is C12H15N5O2. The van der Waals surface area contributed by atoms with Gasteiger partial charge in [-0.1, -0.05) is 24.6 Å². The summed E-state index contributed by atoms with van der Waals surface area (Å²) in [4.78, 5) is 10.6. The Balaban J connectivity index is 2.53. The summed E-state index contributed by atoms with van der Waals surface area (Å²) in [5.41, 5.74) is 7.82. The van der Waals surface area contributed by atoms with E-state index in [-0.39, 0.29) is 5.69 Å². The highest BCUT2D eigenvalue weighted by Crippen LogP contribution is 2.23. The van der Waals surface area contributed by atoms with Gasteiger partial charge in [-0.2, -0.15) is 0 Å². The van der Waals surface area contributed by atoms with E-state index in [0.29, 0.717) is 17.1 Å². The first kappa shape index (κ1) is 13.0. The Morgan fingerprint density at radius 1 is 1.47 bits per heavy atom. The fourth-order valence-electron chi connectivity index (χ4n) is 1.92. The molecule has 19 heavy (non-hydrogen) atoms. The number of nitrogens with two attached hydrogens (primary N) is 1. The lowest BCUT2D eigenvalue weighted by Gasteiger charge is -2.06. The molecular weight excluding hydrogens is 246 g/mol. The molecule has 7 nitrogen and oxygen atoms in total. The predicted molar refractivity (Wildman–Crippen MR) is 71.2 cm³/mol. The van der Waals surface area contributed by atoms with Gasteiger partial charge in [0, 0.05) is 11.6 Å². The van der Waals surface area contributed by atoms with Crippen LogP contribution in [0.3, 0.4) is 0 Å². The summed E-state index contributed by atoms with van der Waals surface area (Å²) in [6.07, 6.45) is 1.62. The summed E-state index contributed by atoms with van der Waals surface area (Å²) in [5, 5.41) is 18.7. The van der Waals surface area contributed by atoms with E-state index in [2.05, 4.69) is 10.3 Å². The molecule has 7 heteroatoms. The quantitative estimate of drug-likeness (QED) is 0.670. The average molecular weight is 261 g/mol. The van der Waals surface area contributed by atoms with Crippen molar-refractivity contribution in [1.29, 1.82) is 0 Å². The molecule has 0 aliphatic rings. The van der Waals surface area contributed by atoms with Gasteiger partial charge in [0.25, 0.3) is 5.69 Å². The predicted octanol–water partition coefficient (Wildman–Crippen LogP) is 2.02. The van der Waals surface area contributed by atoms with Gasteiger partial charge in [-0.3, -0.25) is 10.1 Å². The maximum absolute atomic E-state index is 11.0. The lowest BCUT2D eigenvalue weighted by atomic mass is 10.1. The number of nitro benzene ring substituents is 1. The lowest BCUT2D eigenvalue weighted by molar-refractivity contribution is -0.385. The van der Waals surface area contributed by atoms with Gasteiger partial charge in [0.1, 0.15) is 0 Å². The number of rotatable bonds is 4. The van der Waals surface area contributed by atoms with Crippen LogP contribution in [-0.4, -0.2) is 19.9 Å². The number of anilines is 1. The molecule has 0 fully saturated rings. The molecule has 2 N–H and O–H groups in total. The van der Waals surface area contributed by atoms with E-state index in [9.17, 15) is 10.1 Å². The molecule has 0 saturated heterocycles. The van der Waals surface area contributed by atoms with Crippen LogP contribution in [0.2, 0.25) is 0 Å². The topological polar surface area (TPSA) is 99.9 Å². The minimum atomic E-state index is -0.404. The molecule has 0 saturated carbocycles. The van der Waals surface area contributed by atoms with Crippen molar-refractivity contribution < 1.29 is 4.92 Å². The van der Waals surface area contributed by atoms with Crippen LogP contribution in [0.5, 0.6) is 0 Å². The van der Waals surface area contributed by atoms with E-state index in [1.54, 1.807) is 23.7 Å². The van der Waals surface area contributed by atoms with Gasteiger partial charge >= 0.3 is 0 Å². The molecule has 0 radical (unpaired) electrons. The lowest BCUT2D eigenvalue weighted by Crippen LogP contribution is -2.04. The Hall–Kier alpha value is -2.44. The number of aryl methyl sites for hydroxylation is 1. The molecule has 1 aromatic carbocycles. The smallest absolute Gasteiger partial charge is 0.274 e. The van der Waals surface area contributed by atoms with Gasteiger partial charge in [-0.25, -0.2) is 4.68 Å². The van der Waals surface area contributed by atoms with Crippen LogP contribution in [0.15, 0.2) is 18.2 Å². The summed E-state index contributed by atoms with van der Waals surface area (Å²) < 4.78 is 1.56. The van der Waals surface area contributed by atoms with Gasteiger partial charge in [0.2, 0.25) is 0 Å². The van der Waals surface area contributed by atoms with Crippen LogP contribution in [0.1, 0.15) is 24.6 Å². The van der Waals surface area contributed by atoms with Gasteiger partial charge in [0.15, 0.2) is 5.82 Å². The van der Waals surface area contributed by atoms with Gasteiger partial charge in [0.05, 0.1) is 16.3 Å². The number of aromatic nitrogens is 3. The summed E-state index contributed by atoms with van der Waals surface area (Å²) in [6, 6.07) is 4.96. The van der Waals surface area contributed by atoms with Crippen molar-refractivity contribution in [3.05, 3.63) is 39.6 Å². The second-order valence-electron chi connectivity index (χ2n) is 4.31. The molecule has 0 spiro atoms. The van der Waals surface area contributed by atoms with Crippen LogP contribution < -0.4 is 5.73 Å². The number of nitrogens with zero attached hydrogens (tertiary/aromatic N) is 4. The molecule has 2 rings (SSSR count).